The monoisotopic (exact) mass is 187 g/mol. The quantitative estimate of drug-likeness (QED) is 0.668. The second-order valence-corrected chi connectivity index (χ2v) is 5.13. The molecule has 1 aliphatic rings. The molecule has 1 fully saturated rings. The van der Waals surface area contributed by atoms with E-state index in [2.05, 4.69) is 37.7 Å². The van der Waals surface area contributed by atoms with E-state index < -0.39 is 0 Å². The zero-order valence-corrected chi connectivity index (χ0v) is 9.41. The summed E-state index contributed by atoms with van der Waals surface area (Å²) >= 11 is 2.13. The first kappa shape index (κ1) is 10.4. The first-order chi connectivity index (χ1) is 5.71. The summed E-state index contributed by atoms with van der Waals surface area (Å²) in [6.07, 6.45) is 5.50. The lowest BCUT2D eigenvalue weighted by Crippen LogP contribution is -2.48. The van der Waals surface area contributed by atoms with Gasteiger partial charge in [-0.25, -0.2) is 0 Å². The summed E-state index contributed by atoms with van der Waals surface area (Å²) in [6.45, 7) is 2.30. The van der Waals surface area contributed by atoms with Crippen LogP contribution in [-0.4, -0.2) is 36.0 Å². The second-order valence-electron chi connectivity index (χ2n) is 4.02. The van der Waals surface area contributed by atoms with Gasteiger partial charge in [-0.15, -0.1) is 0 Å². The molecule has 0 aromatic carbocycles. The van der Waals surface area contributed by atoms with Crippen molar-refractivity contribution < 1.29 is 0 Å². The van der Waals surface area contributed by atoms with Gasteiger partial charge in [0.1, 0.15) is 0 Å². The summed E-state index contributed by atoms with van der Waals surface area (Å²) < 4.78 is 0. The van der Waals surface area contributed by atoms with Gasteiger partial charge in [-0.05, 0) is 39.1 Å². The molecule has 1 aliphatic heterocycles. The lowest BCUT2D eigenvalue weighted by atomic mass is 9.89. The fourth-order valence-corrected chi connectivity index (χ4v) is 3.50. The van der Waals surface area contributed by atoms with Gasteiger partial charge < -0.3 is 4.90 Å². The minimum absolute atomic E-state index is 0.525. The predicted octanol–water partition coefficient (Wildman–Crippen LogP) is 2.61. The Kier molecular flexibility index (Phi) is 3.91. The van der Waals surface area contributed by atoms with E-state index in [1.807, 2.05) is 0 Å². The van der Waals surface area contributed by atoms with Gasteiger partial charge in [-0.2, -0.15) is 11.8 Å². The van der Waals surface area contributed by atoms with Crippen molar-refractivity contribution in [3.8, 4) is 0 Å². The molecule has 72 valence electrons. The third-order valence-electron chi connectivity index (χ3n) is 2.97. The van der Waals surface area contributed by atoms with E-state index >= 15 is 0 Å². The standard InChI is InChI=1S/C10H21NS/c1-4-6-10(11(2)3)7-5-8-12-9-10/h4-9H2,1-3H3. The SMILES string of the molecule is CCCC1(N(C)C)CCCSC1. The van der Waals surface area contributed by atoms with Gasteiger partial charge in [0.15, 0.2) is 0 Å². The van der Waals surface area contributed by atoms with Gasteiger partial charge in [0.25, 0.3) is 0 Å². The Morgan fingerprint density at radius 3 is 2.58 bits per heavy atom. The van der Waals surface area contributed by atoms with E-state index in [9.17, 15) is 0 Å². The molecule has 0 saturated carbocycles. The normalized spacial score (nSPS) is 31.0. The number of hydrogen-bond donors (Lipinski definition) is 0. The number of hydrogen-bond acceptors (Lipinski definition) is 2. The highest BCUT2D eigenvalue weighted by atomic mass is 32.2. The van der Waals surface area contributed by atoms with Gasteiger partial charge in [0.2, 0.25) is 0 Å². The average Bonchev–Trinajstić information content (AvgIpc) is 2.06. The van der Waals surface area contributed by atoms with Crippen LogP contribution in [0.5, 0.6) is 0 Å². The number of rotatable bonds is 3. The molecule has 12 heavy (non-hydrogen) atoms. The molecule has 1 atom stereocenters. The van der Waals surface area contributed by atoms with Crippen LogP contribution in [0.15, 0.2) is 0 Å². The molecule has 2 heteroatoms. The number of nitrogens with zero attached hydrogens (tertiary/aromatic N) is 1. The number of thioether (sulfide) groups is 1. The Morgan fingerprint density at radius 1 is 1.42 bits per heavy atom. The van der Waals surface area contributed by atoms with E-state index in [4.69, 9.17) is 0 Å². The summed E-state index contributed by atoms with van der Waals surface area (Å²) in [6, 6.07) is 0. The van der Waals surface area contributed by atoms with Crippen molar-refractivity contribution in [2.24, 2.45) is 0 Å². The third kappa shape index (κ3) is 2.17. The Morgan fingerprint density at radius 2 is 2.17 bits per heavy atom. The maximum Gasteiger partial charge on any atom is 0.0294 e. The minimum Gasteiger partial charge on any atom is -0.303 e. The van der Waals surface area contributed by atoms with Crippen molar-refractivity contribution in [2.75, 3.05) is 25.6 Å². The Labute approximate surface area is 80.9 Å². The predicted molar refractivity (Wildman–Crippen MR) is 57.9 cm³/mol. The third-order valence-corrected chi connectivity index (χ3v) is 4.28. The van der Waals surface area contributed by atoms with E-state index in [-0.39, 0.29) is 0 Å². The van der Waals surface area contributed by atoms with E-state index in [0.29, 0.717) is 5.54 Å². The summed E-state index contributed by atoms with van der Waals surface area (Å²) in [5.74, 6) is 2.72. The maximum absolute atomic E-state index is 2.45. The van der Waals surface area contributed by atoms with Gasteiger partial charge in [0.05, 0.1) is 0 Å². The second kappa shape index (κ2) is 4.52. The molecule has 0 radical (unpaired) electrons. The largest absolute Gasteiger partial charge is 0.303 e. The van der Waals surface area contributed by atoms with Crippen LogP contribution in [0.3, 0.4) is 0 Å². The minimum atomic E-state index is 0.525. The molecular formula is C10H21NS. The van der Waals surface area contributed by atoms with Gasteiger partial charge >= 0.3 is 0 Å². The molecule has 1 unspecified atom stereocenters. The smallest absolute Gasteiger partial charge is 0.0294 e. The molecule has 0 spiro atoms. The van der Waals surface area contributed by atoms with Crippen LogP contribution in [-0.2, 0) is 0 Å². The molecule has 1 nitrogen and oxygen atoms in total. The lowest BCUT2D eigenvalue weighted by molar-refractivity contribution is 0.148. The highest BCUT2D eigenvalue weighted by Gasteiger charge is 2.33. The van der Waals surface area contributed by atoms with Crippen molar-refractivity contribution in [1.82, 2.24) is 4.90 Å². The Bertz CT molecular complexity index is 122. The van der Waals surface area contributed by atoms with Crippen molar-refractivity contribution in [3.63, 3.8) is 0 Å². The molecule has 0 aliphatic carbocycles. The van der Waals surface area contributed by atoms with Crippen molar-refractivity contribution >= 4 is 11.8 Å². The van der Waals surface area contributed by atoms with Crippen molar-refractivity contribution in [1.29, 1.82) is 0 Å². The molecule has 1 rings (SSSR count). The molecule has 0 N–H and O–H groups in total. The molecule has 0 aromatic rings. The summed E-state index contributed by atoms with van der Waals surface area (Å²) in [7, 11) is 4.48. The van der Waals surface area contributed by atoms with Crippen LogP contribution in [0.4, 0.5) is 0 Å². The topological polar surface area (TPSA) is 3.24 Å². The summed E-state index contributed by atoms with van der Waals surface area (Å²) in [5, 5.41) is 0. The zero-order valence-electron chi connectivity index (χ0n) is 8.60. The first-order valence-corrected chi connectivity index (χ1v) is 6.12. The van der Waals surface area contributed by atoms with Gasteiger partial charge in [-0.1, -0.05) is 13.3 Å². The van der Waals surface area contributed by atoms with E-state index in [0.717, 1.165) is 0 Å². The van der Waals surface area contributed by atoms with Crippen LogP contribution in [0.1, 0.15) is 32.6 Å². The first-order valence-electron chi connectivity index (χ1n) is 4.96. The van der Waals surface area contributed by atoms with Crippen LogP contribution in [0.2, 0.25) is 0 Å². The lowest BCUT2D eigenvalue weighted by Gasteiger charge is -2.42. The van der Waals surface area contributed by atoms with Gasteiger partial charge in [0, 0.05) is 11.3 Å². The van der Waals surface area contributed by atoms with Crippen molar-refractivity contribution in [2.45, 2.75) is 38.1 Å². The van der Waals surface area contributed by atoms with E-state index in [1.165, 1.54) is 37.2 Å². The van der Waals surface area contributed by atoms with Crippen LogP contribution >= 0.6 is 11.8 Å². The molecule has 0 bridgehead atoms. The van der Waals surface area contributed by atoms with Crippen LogP contribution < -0.4 is 0 Å². The van der Waals surface area contributed by atoms with E-state index in [1.54, 1.807) is 0 Å². The molecule has 1 saturated heterocycles. The fourth-order valence-electron chi connectivity index (χ4n) is 2.08. The molecule has 0 amide bonds. The van der Waals surface area contributed by atoms with Crippen LogP contribution in [0, 0.1) is 0 Å². The summed E-state index contributed by atoms with van der Waals surface area (Å²) in [5.41, 5.74) is 0.525. The van der Waals surface area contributed by atoms with Crippen LogP contribution in [0.25, 0.3) is 0 Å². The zero-order chi connectivity index (χ0) is 9.03. The van der Waals surface area contributed by atoms with Gasteiger partial charge in [-0.3, -0.25) is 0 Å². The average molecular weight is 187 g/mol. The summed E-state index contributed by atoms with van der Waals surface area (Å²) in [4.78, 5) is 2.45. The highest BCUT2D eigenvalue weighted by molar-refractivity contribution is 7.99. The fraction of sp³-hybridized carbons (Fsp3) is 1.00. The maximum atomic E-state index is 2.45. The van der Waals surface area contributed by atoms with Crippen molar-refractivity contribution in [3.05, 3.63) is 0 Å². The highest BCUT2D eigenvalue weighted by Crippen LogP contribution is 2.34. The molecule has 0 aromatic heterocycles. The Hall–Kier alpha value is 0.310. The molecular weight excluding hydrogens is 166 g/mol. The molecule has 1 heterocycles. The Balaban J connectivity index is 2.56.